The molecule has 3 aromatic carbocycles. The first-order chi connectivity index (χ1) is 14.3. The topological polar surface area (TPSA) is 98.6 Å². The van der Waals surface area contributed by atoms with Crippen molar-refractivity contribution in [1.29, 1.82) is 0 Å². The number of nitro groups is 2. The number of fused-ring (bicyclic) bond motifs is 3. The average molecular weight is 401 g/mol. The molecule has 0 bridgehead atoms. The van der Waals surface area contributed by atoms with Crippen molar-refractivity contribution in [2.45, 2.75) is 26.7 Å². The zero-order valence-electron chi connectivity index (χ0n) is 16.7. The van der Waals surface area contributed by atoms with Crippen molar-refractivity contribution >= 4 is 22.8 Å². The molecule has 4 rings (SSSR count). The zero-order valence-corrected chi connectivity index (χ0v) is 16.7. The standard InChI is InChI=1S/C23H19N3O4/c1-13(2)16-6-4-5-7-20(16)24-23-18-10-14(3)8-9-17(18)22-19(23)11-15(25(27)28)12-21(22)26(29)30/h4-13H,1-3H3. The lowest BCUT2D eigenvalue weighted by molar-refractivity contribution is -0.393. The van der Waals surface area contributed by atoms with Crippen LogP contribution in [0.1, 0.15) is 42.0 Å². The fraction of sp³-hybridized carbons (Fsp3) is 0.174. The Hall–Kier alpha value is -3.87. The van der Waals surface area contributed by atoms with E-state index in [-0.39, 0.29) is 17.3 Å². The highest BCUT2D eigenvalue weighted by Gasteiger charge is 2.35. The predicted octanol–water partition coefficient (Wildman–Crippen LogP) is 6.08. The van der Waals surface area contributed by atoms with Gasteiger partial charge in [0.15, 0.2) is 0 Å². The van der Waals surface area contributed by atoms with Crippen LogP contribution in [0.3, 0.4) is 0 Å². The fourth-order valence-corrected chi connectivity index (χ4v) is 3.87. The van der Waals surface area contributed by atoms with Gasteiger partial charge in [-0.3, -0.25) is 20.2 Å². The Labute approximate surface area is 173 Å². The molecule has 0 aromatic heterocycles. The summed E-state index contributed by atoms with van der Waals surface area (Å²) < 4.78 is 0. The number of benzene rings is 3. The second-order valence-corrected chi connectivity index (χ2v) is 7.62. The van der Waals surface area contributed by atoms with Crippen LogP contribution in [0.4, 0.5) is 17.1 Å². The number of hydrogen-bond donors (Lipinski definition) is 0. The second kappa shape index (κ2) is 7.18. The minimum absolute atomic E-state index is 0.225. The molecule has 0 saturated heterocycles. The molecular weight excluding hydrogens is 382 g/mol. The summed E-state index contributed by atoms with van der Waals surface area (Å²) in [5, 5.41) is 23.2. The first kappa shape index (κ1) is 19.4. The largest absolute Gasteiger partial charge is 0.284 e. The van der Waals surface area contributed by atoms with Gasteiger partial charge in [-0.25, -0.2) is 4.99 Å². The van der Waals surface area contributed by atoms with Gasteiger partial charge in [0.25, 0.3) is 11.4 Å². The molecule has 0 aliphatic heterocycles. The first-order valence-corrected chi connectivity index (χ1v) is 9.54. The normalized spacial score (nSPS) is 13.4. The Morgan fingerprint density at radius 1 is 0.867 bits per heavy atom. The molecule has 3 aromatic rings. The summed E-state index contributed by atoms with van der Waals surface area (Å²) in [5.41, 5.74) is 4.86. The van der Waals surface area contributed by atoms with Crippen LogP contribution in [-0.2, 0) is 0 Å². The summed E-state index contributed by atoms with van der Waals surface area (Å²) in [6.45, 7) is 6.06. The summed E-state index contributed by atoms with van der Waals surface area (Å²) in [4.78, 5) is 26.9. The molecule has 0 spiro atoms. The molecule has 0 atom stereocenters. The van der Waals surface area contributed by atoms with Crippen molar-refractivity contribution < 1.29 is 9.85 Å². The Balaban J connectivity index is 2.09. The Kier molecular flexibility index (Phi) is 4.66. The Bertz CT molecular complexity index is 1250. The lowest BCUT2D eigenvalue weighted by Crippen LogP contribution is -2.02. The molecule has 7 nitrogen and oxygen atoms in total. The van der Waals surface area contributed by atoms with E-state index in [2.05, 4.69) is 13.8 Å². The number of hydrogen-bond acceptors (Lipinski definition) is 5. The summed E-state index contributed by atoms with van der Waals surface area (Å²) in [6, 6.07) is 15.7. The monoisotopic (exact) mass is 401 g/mol. The van der Waals surface area contributed by atoms with E-state index in [9.17, 15) is 20.2 Å². The third-order valence-corrected chi connectivity index (χ3v) is 5.26. The third kappa shape index (κ3) is 3.14. The number of nitro benzene ring substituents is 2. The van der Waals surface area contributed by atoms with E-state index >= 15 is 0 Å². The zero-order chi connectivity index (χ0) is 21.6. The second-order valence-electron chi connectivity index (χ2n) is 7.62. The highest BCUT2D eigenvalue weighted by molar-refractivity contribution is 6.26. The maximum Gasteiger partial charge on any atom is 0.284 e. The fourth-order valence-electron chi connectivity index (χ4n) is 3.87. The lowest BCUT2D eigenvalue weighted by atomic mass is 10.0. The van der Waals surface area contributed by atoms with Crippen LogP contribution in [0.15, 0.2) is 59.6 Å². The van der Waals surface area contributed by atoms with Gasteiger partial charge in [0.2, 0.25) is 0 Å². The van der Waals surface area contributed by atoms with Gasteiger partial charge >= 0.3 is 0 Å². The van der Waals surface area contributed by atoms with Crippen LogP contribution in [0, 0.1) is 27.2 Å². The number of aliphatic imine (C=N–C) groups is 1. The molecule has 30 heavy (non-hydrogen) atoms. The molecule has 0 unspecified atom stereocenters. The van der Waals surface area contributed by atoms with Crippen molar-refractivity contribution in [2.24, 2.45) is 4.99 Å². The van der Waals surface area contributed by atoms with Crippen LogP contribution >= 0.6 is 0 Å². The lowest BCUT2D eigenvalue weighted by Gasteiger charge is -2.10. The number of non-ortho nitro benzene ring substituents is 1. The van der Waals surface area contributed by atoms with Crippen LogP contribution in [0.2, 0.25) is 0 Å². The third-order valence-electron chi connectivity index (χ3n) is 5.26. The van der Waals surface area contributed by atoms with Crippen LogP contribution in [0.25, 0.3) is 11.1 Å². The van der Waals surface area contributed by atoms with Crippen molar-refractivity contribution in [3.8, 4) is 11.1 Å². The van der Waals surface area contributed by atoms with E-state index in [1.807, 2.05) is 49.4 Å². The van der Waals surface area contributed by atoms with Crippen molar-refractivity contribution in [3.63, 3.8) is 0 Å². The molecule has 0 fully saturated rings. The molecule has 1 aliphatic carbocycles. The maximum atomic E-state index is 11.8. The molecule has 7 heteroatoms. The van der Waals surface area contributed by atoms with Gasteiger partial charge in [-0.15, -0.1) is 0 Å². The summed E-state index contributed by atoms with van der Waals surface area (Å²) in [7, 11) is 0. The summed E-state index contributed by atoms with van der Waals surface area (Å²) in [5.74, 6) is 0.225. The van der Waals surface area contributed by atoms with E-state index in [4.69, 9.17) is 4.99 Å². The van der Waals surface area contributed by atoms with Gasteiger partial charge in [-0.1, -0.05) is 49.7 Å². The van der Waals surface area contributed by atoms with Crippen molar-refractivity contribution in [3.05, 3.63) is 97.1 Å². The van der Waals surface area contributed by atoms with E-state index in [1.165, 1.54) is 6.07 Å². The van der Waals surface area contributed by atoms with Gasteiger partial charge in [-0.2, -0.15) is 0 Å². The van der Waals surface area contributed by atoms with E-state index in [0.29, 0.717) is 22.4 Å². The van der Waals surface area contributed by atoms with Crippen molar-refractivity contribution in [2.75, 3.05) is 0 Å². The highest BCUT2D eigenvalue weighted by Crippen LogP contribution is 2.46. The van der Waals surface area contributed by atoms with E-state index in [1.54, 1.807) is 0 Å². The van der Waals surface area contributed by atoms with Crippen LogP contribution < -0.4 is 0 Å². The van der Waals surface area contributed by atoms with E-state index < -0.39 is 9.85 Å². The molecule has 0 radical (unpaired) electrons. The summed E-state index contributed by atoms with van der Waals surface area (Å²) >= 11 is 0. The molecule has 0 N–H and O–H groups in total. The minimum Gasteiger partial charge on any atom is -0.258 e. The number of aryl methyl sites for hydroxylation is 1. The smallest absolute Gasteiger partial charge is 0.258 e. The SMILES string of the molecule is Cc1ccc2c(c1)C(=Nc1ccccc1C(C)C)c1cc([N+](=O)[O-])cc([N+](=O)[O-])c1-2. The molecule has 0 heterocycles. The number of rotatable bonds is 4. The van der Waals surface area contributed by atoms with Gasteiger partial charge in [0, 0.05) is 17.2 Å². The van der Waals surface area contributed by atoms with Gasteiger partial charge in [-0.05, 0) is 36.1 Å². The predicted molar refractivity (Wildman–Crippen MR) is 116 cm³/mol. The van der Waals surface area contributed by atoms with Gasteiger partial charge in [0.1, 0.15) is 0 Å². The van der Waals surface area contributed by atoms with Crippen LogP contribution in [-0.4, -0.2) is 15.6 Å². The molecule has 0 saturated carbocycles. The van der Waals surface area contributed by atoms with Crippen molar-refractivity contribution in [1.82, 2.24) is 0 Å². The molecule has 0 amide bonds. The average Bonchev–Trinajstić information content (AvgIpc) is 3.00. The van der Waals surface area contributed by atoms with E-state index in [0.717, 1.165) is 28.4 Å². The number of para-hydroxylation sites is 1. The van der Waals surface area contributed by atoms with Crippen LogP contribution in [0.5, 0.6) is 0 Å². The Morgan fingerprint density at radius 3 is 2.27 bits per heavy atom. The Morgan fingerprint density at radius 2 is 1.60 bits per heavy atom. The number of nitrogens with zero attached hydrogens (tertiary/aromatic N) is 3. The minimum atomic E-state index is -0.610. The molecular formula is C23H19N3O4. The first-order valence-electron chi connectivity index (χ1n) is 9.54. The van der Waals surface area contributed by atoms with Gasteiger partial charge in [0.05, 0.1) is 32.9 Å². The van der Waals surface area contributed by atoms with Gasteiger partial charge < -0.3 is 0 Å². The molecule has 150 valence electrons. The molecule has 1 aliphatic rings. The highest BCUT2D eigenvalue weighted by atomic mass is 16.6. The quantitative estimate of drug-likeness (QED) is 0.305. The maximum absolute atomic E-state index is 11.8. The summed E-state index contributed by atoms with van der Waals surface area (Å²) in [6.07, 6.45) is 0.